The van der Waals surface area contributed by atoms with Gasteiger partial charge in [0.25, 0.3) is 23.6 Å². The number of esters is 1. The van der Waals surface area contributed by atoms with Crippen LogP contribution in [-0.2, 0) is 78.4 Å². The number of aliphatic hydroxyl groups is 3. The van der Waals surface area contributed by atoms with Crippen molar-refractivity contribution < 1.29 is 81.7 Å². The number of allylic oxidation sites excluding steroid dienone is 6. The number of nitrogen functional groups attached to an aromatic ring is 2. The molecule has 131 heavy (non-hydrogen) atoms. The van der Waals surface area contributed by atoms with Crippen LogP contribution >= 0.6 is 0 Å². The van der Waals surface area contributed by atoms with Gasteiger partial charge in [-0.2, -0.15) is 10.1 Å². The maximum atomic E-state index is 14.7. The number of rotatable bonds is 20. The number of oxazole rings is 1. The molecule has 2 aromatic carbocycles. The number of methoxy groups -OCH3 is 2. The van der Waals surface area contributed by atoms with Crippen LogP contribution in [0.25, 0.3) is 33.4 Å². The summed E-state index contributed by atoms with van der Waals surface area (Å²) in [5.74, 6) is -6.30. The largest absolute Gasteiger partial charge is 0.459 e. The summed E-state index contributed by atoms with van der Waals surface area (Å²) in [4.78, 5) is 141. The molecule has 0 radical (unpaired) electrons. The van der Waals surface area contributed by atoms with Crippen LogP contribution in [0.2, 0.25) is 0 Å². The maximum absolute atomic E-state index is 14.7. The highest BCUT2D eigenvalue weighted by atomic mass is 16.6. The molecular weight excluding hydrogens is 1680 g/mol. The third-order valence-electron chi connectivity index (χ3n) is 27.0. The Kier molecular flexibility index (Phi) is 32.2. The number of fused-ring (bicyclic) bond motifs is 6. The molecule has 36 heteroatoms. The van der Waals surface area contributed by atoms with Crippen LogP contribution in [0.4, 0.5) is 28.5 Å². The first-order chi connectivity index (χ1) is 63.1. The maximum Gasteiger partial charge on any atom is 0.407 e. The molecule has 5 fully saturated rings. The molecule has 14 rings (SSSR count). The molecule has 1 aliphatic carbocycles. The molecule has 6 aliphatic heterocycles. The number of amides is 4. The van der Waals surface area contributed by atoms with Gasteiger partial charge in [0.2, 0.25) is 23.6 Å². The van der Waals surface area contributed by atoms with E-state index < -0.39 is 102 Å². The average molecular weight is 1810 g/mol. The number of alkyl carbamates (subject to hydrolysis) is 1. The van der Waals surface area contributed by atoms with E-state index >= 15 is 0 Å². The second kappa shape index (κ2) is 44.0. The van der Waals surface area contributed by atoms with E-state index in [4.69, 9.17) is 55.1 Å². The number of benzene rings is 2. The van der Waals surface area contributed by atoms with Crippen LogP contribution in [0.15, 0.2) is 120 Å². The van der Waals surface area contributed by atoms with Crippen LogP contribution in [0.1, 0.15) is 164 Å². The summed E-state index contributed by atoms with van der Waals surface area (Å²) in [5, 5.41) is 43.2. The van der Waals surface area contributed by atoms with Crippen molar-refractivity contribution in [1.29, 1.82) is 0 Å². The van der Waals surface area contributed by atoms with Crippen LogP contribution in [0.5, 0.6) is 0 Å². The number of nitrogens with two attached hydrogens (primary N) is 3. The van der Waals surface area contributed by atoms with Gasteiger partial charge in [-0.25, -0.2) is 44.2 Å². The van der Waals surface area contributed by atoms with E-state index in [1.54, 1.807) is 71.9 Å². The first-order valence-electron chi connectivity index (χ1n) is 46.1. The number of aromatic nitrogens is 9. The molecule has 7 aromatic rings. The number of piperidine rings is 1. The SMILES string of the molecule is CO[C@H]1C[C@@H]2CC[C@@H](C)[C@@](O)(O2)C(=O)C(=O)N2CCCC[C@H]2C(=O)O[C@H]([C@H](N)C[C@@H]2CC[C@@H](OC(=O)NCc3cnc(N4CCN(C(=O)CCOCCN5CCN(c6ncc(C(=O)N7CCc8cc(Cn9nc(-c%10ccc%11oc(N)nc%11c%10)c%10c(N)ncnc%109)ccc8C7)cn6)CC5)CC4)nc3)[C@H](OC)C2)CC[C@H](C)/C=C(\C)[C@@H](O)[C@@H](O)C(=O)[C@H](C)C[C@H](C)/C=C/C=C/C=C/1C. The van der Waals surface area contributed by atoms with E-state index in [0.29, 0.717) is 212 Å². The Labute approximate surface area is 763 Å². The van der Waals surface area contributed by atoms with Gasteiger partial charge in [-0.1, -0.05) is 82.4 Å². The van der Waals surface area contributed by atoms with E-state index in [1.807, 2.05) is 82.7 Å². The molecule has 4 amide bonds. The number of ether oxygens (including phenoxy) is 6. The van der Waals surface area contributed by atoms with Gasteiger partial charge >= 0.3 is 12.1 Å². The number of ketones is 2. The van der Waals surface area contributed by atoms with Crippen molar-refractivity contribution in [3.8, 4) is 11.3 Å². The number of nitrogens with one attached hydrogen (secondary N) is 1. The fourth-order valence-electron chi connectivity index (χ4n) is 19.1. The Hall–Kier alpha value is -11.1. The lowest BCUT2D eigenvalue weighted by Gasteiger charge is -2.42. The van der Waals surface area contributed by atoms with Crippen LogP contribution in [0, 0.1) is 29.6 Å². The number of Topliss-reactive ketones (excluding diaryl/α,β-unsaturated/α-hetero) is 2. The molecule has 7 aliphatic rings. The predicted molar refractivity (Wildman–Crippen MR) is 488 cm³/mol. The van der Waals surface area contributed by atoms with Crippen LogP contribution in [0.3, 0.4) is 0 Å². The van der Waals surface area contributed by atoms with E-state index in [-0.39, 0.29) is 74.4 Å². The first-order valence-corrected chi connectivity index (χ1v) is 46.1. The molecule has 2 bridgehead atoms. The summed E-state index contributed by atoms with van der Waals surface area (Å²) >= 11 is 0. The van der Waals surface area contributed by atoms with Crippen molar-refractivity contribution >= 4 is 87.2 Å². The van der Waals surface area contributed by atoms with Gasteiger partial charge in [0.05, 0.1) is 55.4 Å². The predicted octanol–water partition coefficient (Wildman–Crippen LogP) is 7.79. The highest BCUT2D eigenvalue weighted by molar-refractivity contribution is 6.39. The zero-order valence-corrected chi connectivity index (χ0v) is 76.3. The fraction of sp³-hybridized carbons (Fsp3) is 0.568. The van der Waals surface area contributed by atoms with Crippen molar-refractivity contribution in [3.05, 3.63) is 143 Å². The van der Waals surface area contributed by atoms with Gasteiger partial charge < -0.3 is 95.2 Å². The lowest BCUT2D eigenvalue weighted by Crippen LogP contribution is -2.61. The molecule has 10 N–H and O–H groups in total. The third-order valence-corrected chi connectivity index (χ3v) is 27.0. The number of piperazine rings is 2. The molecule has 36 nitrogen and oxygen atoms in total. The second-order valence-electron chi connectivity index (χ2n) is 36.4. The van der Waals surface area contributed by atoms with Gasteiger partial charge in [0, 0.05) is 160 Å². The van der Waals surface area contributed by atoms with Gasteiger partial charge in [0.15, 0.2) is 17.0 Å². The summed E-state index contributed by atoms with van der Waals surface area (Å²) in [5.41, 5.74) is 28.1. The van der Waals surface area contributed by atoms with E-state index in [9.17, 15) is 48.9 Å². The summed E-state index contributed by atoms with van der Waals surface area (Å²) in [6.07, 6.45) is 18.6. The van der Waals surface area contributed by atoms with Crippen molar-refractivity contribution in [3.63, 3.8) is 0 Å². The van der Waals surface area contributed by atoms with E-state index in [1.165, 1.54) is 11.2 Å². The monoisotopic (exact) mass is 1810 g/mol. The Morgan fingerprint density at radius 1 is 0.710 bits per heavy atom. The normalized spacial score (nSPS) is 28.0. The minimum atomic E-state index is -2.47. The molecule has 4 saturated heterocycles. The molecule has 5 aromatic heterocycles. The zero-order chi connectivity index (χ0) is 92.7. The van der Waals surface area contributed by atoms with Crippen molar-refractivity contribution in [2.45, 2.75) is 218 Å². The lowest BCUT2D eigenvalue weighted by atomic mass is 9.80. The van der Waals surface area contributed by atoms with Gasteiger partial charge in [0.1, 0.15) is 53.8 Å². The molecule has 0 spiro atoms. The van der Waals surface area contributed by atoms with Crippen molar-refractivity contribution in [2.24, 2.45) is 35.3 Å². The fourth-order valence-corrected chi connectivity index (χ4v) is 19.1. The molecular formula is C95H127N19O17. The lowest BCUT2D eigenvalue weighted by molar-refractivity contribution is -0.265. The van der Waals surface area contributed by atoms with E-state index in [2.05, 4.69) is 68.2 Å². The summed E-state index contributed by atoms with van der Waals surface area (Å²) in [7, 11) is 3.12. The topological polar surface area (TPSA) is 466 Å². The van der Waals surface area contributed by atoms with Crippen molar-refractivity contribution in [2.75, 3.05) is 121 Å². The summed E-state index contributed by atoms with van der Waals surface area (Å²) in [6, 6.07) is 9.98. The number of nitrogens with zero attached hydrogens (tertiary/aromatic N) is 15. The minimum Gasteiger partial charge on any atom is -0.459 e. The van der Waals surface area contributed by atoms with Crippen LogP contribution < -0.4 is 32.3 Å². The molecule has 704 valence electrons. The second-order valence-corrected chi connectivity index (χ2v) is 36.4. The summed E-state index contributed by atoms with van der Waals surface area (Å²) in [6.45, 7) is 18.9. The Balaban J connectivity index is 0.492. The highest BCUT2D eigenvalue weighted by Crippen LogP contribution is 2.40. The van der Waals surface area contributed by atoms with Crippen LogP contribution in [-0.4, -0.2) is 281 Å². The quantitative estimate of drug-likeness (QED) is 0.0166. The smallest absolute Gasteiger partial charge is 0.407 e. The zero-order valence-electron chi connectivity index (χ0n) is 76.3. The Morgan fingerprint density at radius 2 is 1.46 bits per heavy atom. The molecule has 0 unspecified atom stereocenters. The standard InChI is InChI=1S/C95H127N19O17/c1-57-14-10-9-11-15-59(3)77(125-7)48-70-23-18-62(6)95(124,131-70)85(119)89(121)113-29-13-12-16-73(113)90(122)128-74(24-17-58(2)43-61(5)83(117)84(118)82(116)60(4)42-57)71(96)45-63-20-25-76(78(46-63)126-8)130-94(123)103-51-65-49-99-92(100-50-65)111-37-35-109(36-38-111)79(115)28-40-127-41-39-108-31-33-110(34-32-108)93-101-52-69(53-102-93)88(120)112-30-27-66-44-64(19-21-68(66)55-112)54-114-87-80(86(97)104-56-105-87)81(107-114)67-22-26-75-72(47-67)106-91(98)129-75/h9-11,14-15,19,21-22,26,43-44,47,49-50,52-53,56-58,60,62-63,70-71,73-74,76-78,83-84,117-118,124H,12-13,16-18,20,23-25,27-42,45-46,48,51,54-55,96H2,1-8H3,(H2,98,106)(H,103,123)(H2,97,104,105)/b11-9+,14-10+,59-15+,61-43+/t57-,58+,60-,62-,63+,70+,71-,73+,74+,76-,77+,78-,83-,84+,95-/m1/s1. The third kappa shape index (κ3) is 23.7. The highest BCUT2D eigenvalue weighted by Gasteiger charge is 2.53. The van der Waals surface area contributed by atoms with E-state index in [0.717, 1.165) is 40.9 Å². The summed E-state index contributed by atoms with van der Waals surface area (Å²) < 4.78 is 43.8. The van der Waals surface area contributed by atoms with Gasteiger partial charge in [-0.15, -0.1) is 0 Å². The average Bonchev–Trinajstić information content (AvgIpc) is 1.63. The minimum absolute atomic E-state index is 0.0144. The molecule has 15 atom stereocenters. The number of cyclic esters (lactones) is 1. The van der Waals surface area contributed by atoms with Crippen molar-refractivity contribution in [1.82, 2.24) is 69.6 Å². The van der Waals surface area contributed by atoms with Gasteiger partial charge in [-0.05, 0) is 161 Å². The number of aliphatic hydroxyl groups excluding tert-OH is 2. The Bertz CT molecular complexity index is 5280. The number of hydrogen-bond donors (Lipinski definition) is 7. The number of carbonyl (C=O) groups is 7. The number of anilines is 4. The Morgan fingerprint density at radius 3 is 2.21 bits per heavy atom. The molecule has 1 saturated carbocycles. The first kappa shape index (κ1) is 96.0. The molecule has 11 heterocycles. The number of carbonyl (C=O) groups excluding carboxylic acids is 7. The van der Waals surface area contributed by atoms with Gasteiger partial charge in [-0.3, -0.25) is 28.9 Å². The number of hydrogen-bond acceptors (Lipinski definition) is 31.